The van der Waals surface area contributed by atoms with E-state index in [1.165, 1.54) is 50.0 Å². The number of anilines is 3. The minimum Gasteiger partial charge on any atom is -0.494 e. The van der Waals surface area contributed by atoms with E-state index in [1.807, 2.05) is 24.4 Å². The Morgan fingerprint density at radius 2 is 1.86 bits per heavy atom. The number of nitrogens with zero attached hydrogens (tertiary/aromatic N) is 4. The third-order valence-electron chi connectivity index (χ3n) is 7.82. The summed E-state index contributed by atoms with van der Waals surface area (Å²) in [5, 5.41) is 4.95. The van der Waals surface area contributed by atoms with Crippen LogP contribution in [0.1, 0.15) is 31.2 Å². The van der Waals surface area contributed by atoms with E-state index in [4.69, 9.17) is 21.3 Å². The zero-order chi connectivity index (χ0) is 25.4. The maximum atomic E-state index is 6.53. The van der Waals surface area contributed by atoms with E-state index in [2.05, 4.69) is 50.2 Å². The molecular formula is C29H33ClN6O. The number of methoxy groups -OCH3 is 1. The molecule has 2 aliphatic rings. The van der Waals surface area contributed by atoms with Crippen molar-refractivity contribution >= 4 is 39.8 Å². The van der Waals surface area contributed by atoms with Gasteiger partial charge in [0.25, 0.3) is 0 Å². The van der Waals surface area contributed by atoms with Crippen LogP contribution in [0, 0.1) is 6.92 Å². The van der Waals surface area contributed by atoms with Gasteiger partial charge in [-0.15, -0.1) is 0 Å². The summed E-state index contributed by atoms with van der Waals surface area (Å²) >= 11 is 6.53. The van der Waals surface area contributed by atoms with E-state index in [0.717, 1.165) is 47.0 Å². The molecule has 2 aromatic heterocycles. The van der Waals surface area contributed by atoms with Gasteiger partial charge in [-0.05, 0) is 63.4 Å². The largest absolute Gasteiger partial charge is 0.494 e. The van der Waals surface area contributed by atoms with Gasteiger partial charge in [0, 0.05) is 53.5 Å². The van der Waals surface area contributed by atoms with Gasteiger partial charge in [0.05, 0.1) is 29.7 Å². The number of H-pyrrole nitrogens is 1. The molecule has 7 nitrogen and oxygen atoms in total. The second kappa shape index (κ2) is 10.2. The van der Waals surface area contributed by atoms with E-state index >= 15 is 0 Å². The van der Waals surface area contributed by atoms with Gasteiger partial charge in [-0.25, -0.2) is 9.97 Å². The Bertz CT molecular complexity index is 1410. The van der Waals surface area contributed by atoms with Crippen molar-refractivity contribution in [1.29, 1.82) is 0 Å². The van der Waals surface area contributed by atoms with Crippen molar-refractivity contribution < 1.29 is 4.74 Å². The van der Waals surface area contributed by atoms with Crippen molar-refractivity contribution in [3.63, 3.8) is 0 Å². The summed E-state index contributed by atoms with van der Waals surface area (Å²) in [6.07, 6.45) is 8.73. The number of aromatic amines is 1. The lowest BCUT2D eigenvalue weighted by Gasteiger charge is -2.38. The predicted octanol–water partition coefficient (Wildman–Crippen LogP) is 6.40. The van der Waals surface area contributed by atoms with Crippen LogP contribution in [0.4, 0.5) is 17.3 Å². The maximum absolute atomic E-state index is 6.53. The highest BCUT2D eigenvalue weighted by molar-refractivity contribution is 6.33. The van der Waals surface area contributed by atoms with Crippen LogP contribution in [0.25, 0.3) is 22.2 Å². The highest BCUT2D eigenvalue weighted by Crippen LogP contribution is 2.37. The van der Waals surface area contributed by atoms with Crippen molar-refractivity contribution in [2.24, 2.45) is 0 Å². The number of benzene rings is 2. The third-order valence-corrected chi connectivity index (χ3v) is 8.09. The lowest BCUT2D eigenvalue weighted by molar-refractivity contribution is 0.208. The van der Waals surface area contributed by atoms with Gasteiger partial charge in [0.2, 0.25) is 5.95 Å². The molecular weight excluding hydrogens is 484 g/mol. The summed E-state index contributed by atoms with van der Waals surface area (Å²) in [6.45, 7) is 6.85. The van der Waals surface area contributed by atoms with Crippen LogP contribution in [0.5, 0.6) is 5.75 Å². The number of rotatable bonds is 6. The van der Waals surface area contributed by atoms with Crippen molar-refractivity contribution in [3.05, 3.63) is 59.4 Å². The average Bonchev–Trinajstić information content (AvgIpc) is 3.61. The molecule has 8 heteroatoms. The van der Waals surface area contributed by atoms with Gasteiger partial charge in [0.15, 0.2) is 0 Å². The zero-order valence-electron chi connectivity index (χ0n) is 21.4. The highest BCUT2D eigenvalue weighted by Gasteiger charge is 2.27. The Balaban J connectivity index is 1.24. The molecule has 6 rings (SSSR count). The zero-order valence-corrected chi connectivity index (χ0v) is 22.2. The average molecular weight is 517 g/mol. The number of nitrogens with one attached hydrogen (secondary N) is 2. The van der Waals surface area contributed by atoms with Crippen LogP contribution in [0.3, 0.4) is 0 Å². The number of piperidine rings is 1. The number of hydrogen-bond donors (Lipinski definition) is 2. The first-order valence-electron chi connectivity index (χ1n) is 13.1. The molecule has 37 heavy (non-hydrogen) atoms. The summed E-state index contributed by atoms with van der Waals surface area (Å²) in [5.74, 6) is 1.25. The van der Waals surface area contributed by atoms with Crippen LogP contribution >= 0.6 is 11.6 Å². The lowest BCUT2D eigenvalue weighted by Crippen LogP contribution is -2.44. The molecule has 0 aliphatic carbocycles. The monoisotopic (exact) mass is 516 g/mol. The van der Waals surface area contributed by atoms with Crippen molar-refractivity contribution in [1.82, 2.24) is 19.9 Å². The number of aromatic nitrogens is 3. The summed E-state index contributed by atoms with van der Waals surface area (Å²) in [6, 6.07) is 13.1. The van der Waals surface area contributed by atoms with Crippen molar-refractivity contribution in [2.75, 3.05) is 43.5 Å². The fourth-order valence-electron chi connectivity index (χ4n) is 5.87. The molecule has 2 fully saturated rings. The minimum atomic E-state index is 0.474. The van der Waals surface area contributed by atoms with Gasteiger partial charge < -0.3 is 24.8 Å². The van der Waals surface area contributed by atoms with Gasteiger partial charge in [-0.2, -0.15) is 0 Å². The van der Waals surface area contributed by atoms with Crippen LogP contribution < -0.4 is 15.0 Å². The number of likely N-dealkylation sites (tertiary alicyclic amines) is 1. The topological polar surface area (TPSA) is 69.3 Å². The fourth-order valence-corrected chi connectivity index (χ4v) is 6.06. The number of fused-ring (bicyclic) bond motifs is 1. The Morgan fingerprint density at radius 3 is 2.65 bits per heavy atom. The van der Waals surface area contributed by atoms with Crippen LogP contribution in [-0.4, -0.2) is 59.2 Å². The van der Waals surface area contributed by atoms with Crippen molar-refractivity contribution in [3.8, 4) is 17.0 Å². The van der Waals surface area contributed by atoms with Crippen LogP contribution in [-0.2, 0) is 0 Å². The summed E-state index contributed by atoms with van der Waals surface area (Å²) < 4.78 is 5.81. The molecule has 0 saturated carbocycles. The molecule has 0 radical (unpaired) electrons. The predicted molar refractivity (Wildman–Crippen MR) is 151 cm³/mol. The van der Waals surface area contributed by atoms with Gasteiger partial charge >= 0.3 is 0 Å². The normalized spacial score (nSPS) is 17.0. The molecule has 2 N–H and O–H groups in total. The molecule has 0 atom stereocenters. The number of ether oxygens (including phenoxy) is 1. The summed E-state index contributed by atoms with van der Waals surface area (Å²) in [7, 11) is 1.71. The Morgan fingerprint density at radius 1 is 1.08 bits per heavy atom. The second-order valence-corrected chi connectivity index (χ2v) is 10.5. The molecule has 0 bridgehead atoms. The van der Waals surface area contributed by atoms with Crippen LogP contribution in [0.2, 0.25) is 5.02 Å². The first-order chi connectivity index (χ1) is 18.1. The molecule has 2 aliphatic heterocycles. The molecule has 192 valence electrons. The molecule has 4 aromatic rings. The Labute approximate surface area is 222 Å². The van der Waals surface area contributed by atoms with Gasteiger partial charge in [-0.3, -0.25) is 0 Å². The second-order valence-electron chi connectivity index (χ2n) is 10.1. The third kappa shape index (κ3) is 4.74. The minimum absolute atomic E-state index is 0.474. The quantitative estimate of drug-likeness (QED) is 0.309. The lowest BCUT2D eigenvalue weighted by atomic mass is 10.0. The molecule has 0 amide bonds. The molecule has 0 unspecified atom stereocenters. The SMILES string of the molecule is COc1cc(N2CCC(N3CCCC3)CC2)c(C)cc1Nc1ncc(Cl)c(-c2c[nH]c3ccccc23)n1. The molecule has 2 aromatic carbocycles. The fraction of sp³-hybridized carbons (Fsp3) is 0.379. The summed E-state index contributed by atoms with van der Waals surface area (Å²) in [5.41, 5.74) is 5.95. The molecule has 4 heterocycles. The number of aryl methyl sites for hydroxylation is 1. The van der Waals surface area contributed by atoms with Gasteiger partial charge in [-0.1, -0.05) is 29.8 Å². The number of para-hydroxylation sites is 1. The van der Waals surface area contributed by atoms with E-state index in [0.29, 0.717) is 16.7 Å². The van der Waals surface area contributed by atoms with E-state index in [9.17, 15) is 0 Å². The summed E-state index contributed by atoms with van der Waals surface area (Å²) in [4.78, 5) is 17.7. The van der Waals surface area contributed by atoms with E-state index in [-0.39, 0.29) is 0 Å². The maximum Gasteiger partial charge on any atom is 0.227 e. The molecule has 0 spiro atoms. The van der Waals surface area contributed by atoms with E-state index < -0.39 is 0 Å². The number of halogens is 1. The van der Waals surface area contributed by atoms with Crippen molar-refractivity contribution in [2.45, 2.75) is 38.6 Å². The number of hydrogen-bond acceptors (Lipinski definition) is 6. The first-order valence-corrected chi connectivity index (χ1v) is 13.5. The smallest absolute Gasteiger partial charge is 0.227 e. The molecule has 2 saturated heterocycles. The van der Waals surface area contributed by atoms with Gasteiger partial charge in [0.1, 0.15) is 5.75 Å². The highest BCUT2D eigenvalue weighted by atomic mass is 35.5. The first kappa shape index (κ1) is 24.1. The van der Waals surface area contributed by atoms with E-state index in [1.54, 1.807) is 13.3 Å². The van der Waals surface area contributed by atoms with Crippen LogP contribution in [0.15, 0.2) is 48.8 Å². The Kier molecular flexibility index (Phi) is 6.65. The Hall–Kier alpha value is -3.29. The standard InChI is InChI=1S/C29H33ClN6O/c1-19-15-25(27(37-2)16-26(19)36-13-9-20(10-14-36)35-11-5-6-12-35)33-29-32-18-23(30)28(34-29)22-17-31-24-8-4-3-7-21(22)24/h3-4,7-8,15-18,20,31H,5-6,9-14H2,1-2H3,(H,32,33,34).